The van der Waals surface area contributed by atoms with E-state index in [0.29, 0.717) is 5.82 Å². The minimum atomic E-state index is 0.701. The molecule has 0 amide bonds. The van der Waals surface area contributed by atoms with Gasteiger partial charge in [-0.05, 0) is 76.9 Å². The SMILES string of the molecule is c1ccc(-c2ccc3sc4c(ccc5c6cc(-c7ccccc7)ccc6n(-c6ccc(-c7nc(-c8ccccc8)cc(-c8ccccc8)n7)cc6)c54)c3c2)cc1. The second kappa shape index (κ2) is 13.3. The highest BCUT2D eigenvalue weighted by Crippen LogP contribution is 2.45. The standard InChI is InChI=1S/C52H33N3S/c1-5-13-34(14-6-1)39-23-29-48-44(31-39)42-27-28-43-45-32-40(35-15-7-2-8-16-35)24-30-49(45)56-51(43)50(42)55(48)41-25-21-38(22-26-41)52-53-46(36-17-9-3-10-18-36)33-47(54-52)37-19-11-4-12-20-37/h1-33H. The third kappa shape index (κ3) is 5.50. The van der Waals surface area contributed by atoms with Crippen LogP contribution >= 0.6 is 11.3 Å². The van der Waals surface area contributed by atoms with Crippen molar-refractivity contribution in [2.45, 2.75) is 0 Å². The average Bonchev–Trinajstić information content (AvgIpc) is 3.83. The van der Waals surface area contributed by atoms with Crippen molar-refractivity contribution in [2.75, 3.05) is 0 Å². The number of benzene rings is 8. The van der Waals surface area contributed by atoms with Crippen LogP contribution in [0.5, 0.6) is 0 Å². The third-order valence-electron chi connectivity index (χ3n) is 10.8. The van der Waals surface area contributed by atoms with E-state index in [0.717, 1.165) is 33.8 Å². The van der Waals surface area contributed by atoms with Crippen LogP contribution in [0.15, 0.2) is 200 Å². The number of aromatic nitrogens is 3. The molecule has 0 N–H and O–H groups in total. The van der Waals surface area contributed by atoms with Crippen LogP contribution in [-0.2, 0) is 0 Å². The molecule has 11 aromatic rings. The van der Waals surface area contributed by atoms with Gasteiger partial charge in [-0.1, -0.05) is 146 Å². The molecule has 56 heavy (non-hydrogen) atoms. The van der Waals surface area contributed by atoms with E-state index < -0.39 is 0 Å². The first-order valence-electron chi connectivity index (χ1n) is 18.9. The molecule has 0 aliphatic carbocycles. The molecule has 0 aliphatic rings. The monoisotopic (exact) mass is 731 g/mol. The second-order valence-corrected chi connectivity index (χ2v) is 15.2. The minimum Gasteiger partial charge on any atom is -0.308 e. The first-order chi connectivity index (χ1) is 27.7. The van der Waals surface area contributed by atoms with Gasteiger partial charge in [0.1, 0.15) is 0 Å². The Bertz CT molecular complexity index is 3150. The molecule has 0 radical (unpaired) electrons. The molecule has 0 bridgehead atoms. The van der Waals surface area contributed by atoms with Crippen LogP contribution in [0.2, 0.25) is 0 Å². The van der Waals surface area contributed by atoms with Crippen molar-refractivity contribution in [3.63, 3.8) is 0 Å². The summed E-state index contributed by atoms with van der Waals surface area (Å²) in [5.41, 5.74) is 13.3. The fourth-order valence-corrected chi connectivity index (χ4v) is 9.29. The molecule has 0 atom stereocenters. The lowest BCUT2D eigenvalue weighted by Gasteiger charge is -2.12. The summed E-state index contributed by atoms with van der Waals surface area (Å²) in [6, 6.07) is 71.4. The Morgan fingerprint density at radius 3 is 1.45 bits per heavy atom. The van der Waals surface area contributed by atoms with Crippen LogP contribution < -0.4 is 0 Å². The summed E-state index contributed by atoms with van der Waals surface area (Å²) in [5, 5.41) is 5.05. The topological polar surface area (TPSA) is 30.7 Å². The van der Waals surface area contributed by atoms with Crippen molar-refractivity contribution in [1.82, 2.24) is 14.5 Å². The van der Waals surface area contributed by atoms with Gasteiger partial charge in [-0.2, -0.15) is 0 Å². The molecule has 3 aromatic heterocycles. The van der Waals surface area contributed by atoms with Gasteiger partial charge >= 0.3 is 0 Å². The summed E-state index contributed by atoms with van der Waals surface area (Å²) in [6.07, 6.45) is 0. The van der Waals surface area contributed by atoms with Crippen molar-refractivity contribution in [1.29, 1.82) is 0 Å². The Morgan fingerprint density at radius 2 is 0.857 bits per heavy atom. The van der Waals surface area contributed by atoms with Gasteiger partial charge in [0.2, 0.25) is 0 Å². The molecular weight excluding hydrogens is 699 g/mol. The number of hydrogen-bond acceptors (Lipinski definition) is 3. The summed E-state index contributed by atoms with van der Waals surface area (Å²) in [5.74, 6) is 0.701. The Kier molecular flexibility index (Phi) is 7.68. The number of nitrogens with zero attached hydrogens (tertiary/aromatic N) is 3. The first kappa shape index (κ1) is 32.3. The Morgan fingerprint density at radius 1 is 0.357 bits per heavy atom. The molecule has 3 heterocycles. The van der Waals surface area contributed by atoms with Crippen molar-refractivity contribution in [3.05, 3.63) is 200 Å². The van der Waals surface area contributed by atoms with Crippen molar-refractivity contribution >= 4 is 53.3 Å². The minimum absolute atomic E-state index is 0.701. The van der Waals surface area contributed by atoms with Crippen LogP contribution in [0.4, 0.5) is 0 Å². The maximum atomic E-state index is 5.11. The van der Waals surface area contributed by atoms with Crippen LogP contribution in [-0.4, -0.2) is 14.5 Å². The fourth-order valence-electron chi connectivity index (χ4n) is 8.07. The highest BCUT2D eigenvalue weighted by molar-refractivity contribution is 7.26. The lowest BCUT2D eigenvalue weighted by molar-refractivity contribution is 1.17. The average molecular weight is 732 g/mol. The van der Waals surface area contributed by atoms with Crippen LogP contribution in [0, 0.1) is 0 Å². The van der Waals surface area contributed by atoms with Crippen LogP contribution in [0.3, 0.4) is 0 Å². The van der Waals surface area contributed by atoms with Crippen molar-refractivity contribution in [3.8, 4) is 61.8 Å². The zero-order valence-electron chi connectivity index (χ0n) is 30.3. The van der Waals surface area contributed by atoms with Crippen LogP contribution in [0.1, 0.15) is 0 Å². The first-order valence-corrected chi connectivity index (χ1v) is 19.7. The number of fused-ring (bicyclic) bond motifs is 7. The summed E-state index contributed by atoms with van der Waals surface area (Å²) < 4.78 is 5.03. The zero-order valence-corrected chi connectivity index (χ0v) is 31.1. The largest absolute Gasteiger partial charge is 0.308 e. The molecule has 4 heteroatoms. The second-order valence-electron chi connectivity index (χ2n) is 14.2. The molecule has 11 rings (SSSR count). The van der Waals surface area contributed by atoms with E-state index in [9.17, 15) is 0 Å². The van der Waals surface area contributed by atoms with Gasteiger partial charge in [-0.15, -0.1) is 11.3 Å². The summed E-state index contributed by atoms with van der Waals surface area (Å²) in [4.78, 5) is 10.2. The van der Waals surface area contributed by atoms with E-state index in [1.54, 1.807) is 0 Å². The lowest BCUT2D eigenvalue weighted by Crippen LogP contribution is -1.97. The third-order valence-corrected chi connectivity index (χ3v) is 12.0. The molecule has 8 aromatic carbocycles. The molecule has 0 spiro atoms. The van der Waals surface area contributed by atoms with Crippen LogP contribution in [0.25, 0.3) is 104 Å². The highest BCUT2D eigenvalue weighted by atomic mass is 32.1. The van der Waals surface area contributed by atoms with E-state index in [-0.39, 0.29) is 0 Å². The molecule has 0 saturated carbocycles. The highest BCUT2D eigenvalue weighted by Gasteiger charge is 2.20. The van der Waals surface area contributed by atoms with Gasteiger partial charge in [-0.3, -0.25) is 0 Å². The van der Waals surface area contributed by atoms with E-state index in [1.165, 1.54) is 64.2 Å². The quantitative estimate of drug-likeness (QED) is 0.170. The Balaban J connectivity index is 1.11. The van der Waals surface area contributed by atoms with Gasteiger partial charge in [0, 0.05) is 48.6 Å². The molecule has 3 nitrogen and oxygen atoms in total. The predicted molar refractivity (Wildman–Crippen MR) is 236 cm³/mol. The lowest BCUT2D eigenvalue weighted by atomic mass is 10.0. The number of thiophene rings is 1. The van der Waals surface area contributed by atoms with E-state index in [4.69, 9.17) is 9.97 Å². The van der Waals surface area contributed by atoms with Gasteiger partial charge in [0.15, 0.2) is 5.82 Å². The maximum absolute atomic E-state index is 5.11. The number of hydrogen-bond donors (Lipinski definition) is 0. The summed E-state index contributed by atoms with van der Waals surface area (Å²) in [7, 11) is 0. The molecule has 262 valence electrons. The van der Waals surface area contributed by atoms with E-state index >= 15 is 0 Å². The zero-order chi connectivity index (χ0) is 37.0. The Hall–Kier alpha value is -7.14. The van der Waals surface area contributed by atoms with E-state index in [1.807, 2.05) is 23.5 Å². The van der Waals surface area contributed by atoms with Crippen molar-refractivity contribution in [2.24, 2.45) is 0 Å². The Labute approximate surface area is 328 Å². The summed E-state index contributed by atoms with van der Waals surface area (Å²) in [6.45, 7) is 0. The molecule has 0 unspecified atom stereocenters. The molecule has 0 aliphatic heterocycles. The fraction of sp³-hybridized carbons (Fsp3) is 0. The maximum Gasteiger partial charge on any atom is 0.160 e. The smallest absolute Gasteiger partial charge is 0.160 e. The van der Waals surface area contributed by atoms with E-state index in [2.05, 4.69) is 193 Å². The number of rotatable bonds is 6. The summed E-state index contributed by atoms with van der Waals surface area (Å²) >= 11 is 1.88. The predicted octanol–water partition coefficient (Wildman–Crippen LogP) is 14.3. The molecule has 0 fully saturated rings. The van der Waals surface area contributed by atoms with Crippen molar-refractivity contribution < 1.29 is 0 Å². The van der Waals surface area contributed by atoms with Gasteiger partial charge in [0.05, 0.1) is 27.1 Å². The molecule has 0 saturated heterocycles. The van der Waals surface area contributed by atoms with Gasteiger partial charge in [-0.25, -0.2) is 9.97 Å². The van der Waals surface area contributed by atoms with Gasteiger partial charge in [0.25, 0.3) is 0 Å². The molecular formula is C52H33N3S. The van der Waals surface area contributed by atoms with Gasteiger partial charge < -0.3 is 4.57 Å². The normalized spacial score (nSPS) is 11.6.